The van der Waals surface area contributed by atoms with Gasteiger partial charge in [-0.1, -0.05) is 0 Å². The summed E-state index contributed by atoms with van der Waals surface area (Å²) in [7, 11) is 1.31. The molecule has 5 nitrogen and oxygen atoms in total. The zero-order valence-corrected chi connectivity index (χ0v) is 10.4. The monoisotopic (exact) mass is 275 g/mol. The predicted octanol–water partition coefficient (Wildman–Crippen LogP) is 1.41. The molecule has 0 aliphatic carbocycles. The molecule has 1 aromatic rings. The highest BCUT2D eigenvalue weighted by molar-refractivity contribution is 5.94. The molecule has 0 aromatic heterocycles. The van der Waals surface area contributed by atoms with Crippen molar-refractivity contribution in [1.29, 1.82) is 0 Å². The Morgan fingerprint density at radius 2 is 2.16 bits per heavy atom. The number of hydrogen-bond donors (Lipinski definition) is 2. The maximum atomic E-state index is 12.2. The third-order valence-corrected chi connectivity index (χ3v) is 2.26. The van der Waals surface area contributed by atoms with Gasteiger partial charge < -0.3 is 19.9 Å². The molecule has 0 saturated heterocycles. The van der Waals surface area contributed by atoms with Crippen LogP contribution in [0.15, 0.2) is 18.2 Å². The van der Waals surface area contributed by atoms with Gasteiger partial charge in [-0.3, -0.25) is 4.79 Å². The average molecular weight is 275 g/mol. The highest BCUT2D eigenvalue weighted by Gasteiger charge is 2.14. The summed E-state index contributed by atoms with van der Waals surface area (Å²) in [5.74, 6) is -0.519. The Bertz CT molecular complexity index is 426. The van der Waals surface area contributed by atoms with Crippen molar-refractivity contribution in [1.82, 2.24) is 5.32 Å². The molecule has 1 aromatic carbocycles. The Balaban J connectivity index is 2.81. The molecular formula is C12H15F2NO4. The third kappa shape index (κ3) is 4.70. The van der Waals surface area contributed by atoms with Crippen molar-refractivity contribution in [2.24, 2.45) is 0 Å². The van der Waals surface area contributed by atoms with E-state index in [1.807, 2.05) is 0 Å². The van der Waals surface area contributed by atoms with Crippen molar-refractivity contribution >= 4 is 5.91 Å². The van der Waals surface area contributed by atoms with E-state index in [0.717, 1.165) is 0 Å². The minimum absolute atomic E-state index is 0.0391. The standard InChI is InChI=1S/C12H15F2NO4/c1-18-9-4-3-8(7-10(9)19-12(13)14)11(17)15-5-2-6-16/h3-4,7,12,16H,2,5-6H2,1H3,(H,15,17). The highest BCUT2D eigenvalue weighted by Crippen LogP contribution is 2.29. The Morgan fingerprint density at radius 1 is 1.42 bits per heavy atom. The van der Waals surface area contributed by atoms with Gasteiger partial charge in [0.1, 0.15) is 0 Å². The fraction of sp³-hybridized carbons (Fsp3) is 0.417. The molecule has 0 heterocycles. The first-order valence-electron chi connectivity index (χ1n) is 5.60. The normalized spacial score (nSPS) is 10.4. The Hall–Kier alpha value is -1.89. The van der Waals surface area contributed by atoms with E-state index in [1.54, 1.807) is 0 Å². The molecule has 0 fully saturated rings. The van der Waals surface area contributed by atoms with E-state index in [4.69, 9.17) is 9.84 Å². The highest BCUT2D eigenvalue weighted by atomic mass is 19.3. The van der Waals surface area contributed by atoms with Gasteiger partial charge in [0, 0.05) is 18.7 Å². The lowest BCUT2D eigenvalue weighted by molar-refractivity contribution is -0.0512. The first-order chi connectivity index (χ1) is 9.08. The van der Waals surface area contributed by atoms with Crippen molar-refractivity contribution in [3.63, 3.8) is 0 Å². The van der Waals surface area contributed by atoms with Crippen LogP contribution in [0.2, 0.25) is 0 Å². The van der Waals surface area contributed by atoms with E-state index in [0.29, 0.717) is 13.0 Å². The molecule has 2 N–H and O–H groups in total. The van der Waals surface area contributed by atoms with Crippen LogP contribution in [-0.4, -0.2) is 37.9 Å². The quantitative estimate of drug-likeness (QED) is 0.738. The number of carbonyl (C=O) groups is 1. The van der Waals surface area contributed by atoms with Gasteiger partial charge in [-0.05, 0) is 24.6 Å². The molecule has 106 valence electrons. The molecule has 0 aliphatic rings. The summed E-state index contributed by atoms with van der Waals surface area (Å²) in [6, 6.07) is 3.99. The Labute approximate surface area is 109 Å². The van der Waals surface area contributed by atoms with Crippen LogP contribution in [0.1, 0.15) is 16.8 Å². The second-order valence-corrected chi connectivity index (χ2v) is 3.58. The predicted molar refractivity (Wildman–Crippen MR) is 63.7 cm³/mol. The minimum Gasteiger partial charge on any atom is -0.493 e. The number of halogens is 2. The van der Waals surface area contributed by atoms with Gasteiger partial charge in [0.25, 0.3) is 5.91 Å². The van der Waals surface area contributed by atoms with Crippen molar-refractivity contribution < 1.29 is 28.2 Å². The molecule has 0 radical (unpaired) electrons. The smallest absolute Gasteiger partial charge is 0.387 e. The van der Waals surface area contributed by atoms with Gasteiger partial charge in [0.05, 0.1) is 7.11 Å². The van der Waals surface area contributed by atoms with Gasteiger partial charge in [-0.2, -0.15) is 8.78 Å². The van der Waals surface area contributed by atoms with Crippen LogP contribution in [-0.2, 0) is 0 Å². The summed E-state index contributed by atoms with van der Waals surface area (Å²) in [4.78, 5) is 11.7. The second-order valence-electron chi connectivity index (χ2n) is 3.58. The number of aliphatic hydroxyl groups is 1. The zero-order valence-electron chi connectivity index (χ0n) is 10.4. The summed E-state index contributed by atoms with van der Waals surface area (Å²) in [5.41, 5.74) is 0.175. The van der Waals surface area contributed by atoms with E-state index >= 15 is 0 Å². The van der Waals surface area contributed by atoms with E-state index < -0.39 is 12.5 Å². The number of amides is 1. The number of methoxy groups -OCH3 is 1. The molecule has 0 atom stereocenters. The number of rotatable bonds is 7. The SMILES string of the molecule is COc1ccc(C(=O)NCCCO)cc1OC(F)F. The number of hydrogen-bond acceptors (Lipinski definition) is 4. The number of benzene rings is 1. The van der Waals surface area contributed by atoms with Gasteiger partial charge in [-0.25, -0.2) is 0 Å². The maximum Gasteiger partial charge on any atom is 0.387 e. The molecule has 1 rings (SSSR count). The maximum absolute atomic E-state index is 12.2. The molecule has 0 aliphatic heterocycles. The Kier molecular flexibility index (Phi) is 6.01. The van der Waals surface area contributed by atoms with Crippen LogP contribution < -0.4 is 14.8 Å². The second kappa shape index (κ2) is 7.52. The van der Waals surface area contributed by atoms with Crippen LogP contribution in [0, 0.1) is 0 Å². The molecule has 19 heavy (non-hydrogen) atoms. The fourth-order valence-electron chi connectivity index (χ4n) is 1.39. The van der Waals surface area contributed by atoms with E-state index in [-0.39, 0.29) is 23.7 Å². The van der Waals surface area contributed by atoms with Crippen molar-refractivity contribution in [2.75, 3.05) is 20.3 Å². The molecule has 7 heteroatoms. The van der Waals surface area contributed by atoms with Crippen molar-refractivity contribution in [3.05, 3.63) is 23.8 Å². The molecule has 0 unspecified atom stereocenters. The van der Waals surface area contributed by atoms with Crippen LogP contribution >= 0.6 is 0 Å². The lowest BCUT2D eigenvalue weighted by atomic mass is 10.2. The number of nitrogens with one attached hydrogen (secondary N) is 1. The van der Waals surface area contributed by atoms with Gasteiger partial charge in [0.2, 0.25) is 0 Å². The fourth-order valence-corrected chi connectivity index (χ4v) is 1.39. The van der Waals surface area contributed by atoms with E-state index in [9.17, 15) is 13.6 Å². The first kappa shape index (κ1) is 15.2. The number of aliphatic hydroxyl groups excluding tert-OH is 1. The van der Waals surface area contributed by atoms with Crippen LogP contribution in [0.4, 0.5) is 8.78 Å². The van der Waals surface area contributed by atoms with Crippen LogP contribution in [0.3, 0.4) is 0 Å². The van der Waals surface area contributed by atoms with Crippen LogP contribution in [0.5, 0.6) is 11.5 Å². The first-order valence-corrected chi connectivity index (χ1v) is 5.60. The zero-order chi connectivity index (χ0) is 14.3. The van der Waals surface area contributed by atoms with Crippen molar-refractivity contribution in [2.45, 2.75) is 13.0 Å². The van der Waals surface area contributed by atoms with Crippen LogP contribution in [0.25, 0.3) is 0 Å². The number of carbonyl (C=O) groups excluding carboxylic acids is 1. The molecule has 1 amide bonds. The lowest BCUT2D eigenvalue weighted by Crippen LogP contribution is -2.25. The van der Waals surface area contributed by atoms with Gasteiger partial charge >= 0.3 is 6.61 Å². The summed E-state index contributed by atoms with van der Waals surface area (Å²) in [6.45, 7) is -2.74. The largest absolute Gasteiger partial charge is 0.493 e. The summed E-state index contributed by atoms with van der Waals surface area (Å²) in [5, 5.41) is 11.1. The minimum atomic E-state index is -3.00. The van der Waals surface area contributed by atoms with Gasteiger partial charge in [-0.15, -0.1) is 0 Å². The lowest BCUT2D eigenvalue weighted by Gasteiger charge is -2.11. The summed E-state index contributed by atoms with van der Waals surface area (Å²) in [6.07, 6.45) is 0.419. The third-order valence-electron chi connectivity index (χ3n) is 2.26. The summed E-state index contributed by atoms with van der Waals surface area (Å²) >= 11 is 0. The Morgan fingerprint density at radius 3 is 2.74 bits per heavy atom. The van der Waals surface area contributed by atoms with E-state index in [2.05, 4.69) is 10.1 Å². The number of ether oxygens (including phenoxy) is 2. The molecule has 0 spiro atoms. The summed E-state index contributed by atoms with van der Waals surface area (Å²) < 4.78 is 33.6. The molecule has 0 bridgehead atoms. The molecule has 0 saturated carbocycles. The van der Waals surface area contributed by atoms with E-state index in [1.165, 1.54) is 25.3 Å². The van der Waals surface area contributed by atoms with Crippen molar-refractivity contribution in [3.8, 4) is 11.5 Å². The average Bonchev–Trinajstić information content (AvgIpc) is 2.38. The topological polar surface area (TPSA) is 67.8 Å². The van der Waals surface area contributed by atoms with Gasteiger partial charge in [0.15, 0.2) is 11.5 Å². The molecular weight excluding hydrogens is 260 g/mol. The number of alkyl halides is 2.